The van der Waals surface area contributed by atoms with Gasteiger partial charge in [0.05, 0.1) is 38.4 Å². The first-order valence-electron chi connectivity index (χ1n) is 13.4. The second-order valence-electron chi connectivity index (χ2n) is 10.1. The first-order chi connectivity index (χ1) is 20.4. The lowest BCUT2D eigenvalue weighted by molar-refractivity contribution is -0.137. The van der Waals surface area contributed by atoms with E-state index < -0.39 is 28.8 Å². The molecule has 4 aromatic carbocycles. The number of rotatable bonds is 8. The molecule has 1 heterocycles. The minimum absolute atomic E-state index is 0.112. The molecular formula is C34H30O8. The zero-order chi connectivity index (χ0) is 29.5. The molecule has 1 aliphatic heterocycles. The summed E-state index contributed by atoms with van der Waals surface area (Å²) < 4.78 is 29.2. The van der Waals surface area contributed by atoms with Crippen molar-refractivity contribution in [2.24, 2.45) is 0 Å². The first-order valence-corrected chi connectivity index (χ1v) is 13.4. The van der Waals surface area contributed by atoms with Crippen LogP contribution in [0.15, 0.2) is 108 Å². The Labute approximate surface area is 243 Å². The summed E-state index contributed by atoms with van der Waals surface area (Å²) in [7, 11) is 4.24. The van der Waals surface area contributed by atoms with Gasteiger partial charge >= 0.3 is 5.97 Å². The lowest BCUT2D eigenvalue weighted by Crippen LogP contribution is -2.50. The third kappa shape index (κ3) is 3.90. The maximum absolute atomic E-state index is 13.3. The summed E-state index contributed by atoms with van der Waals surface area (Å²) in [6.45, 7) is 0.293. The van der Waals surface area contributed by atoms with Crippen molar-refractivity contribution in [2.45, 2.75) is 23.7 Å². The second kappa shape index (κ2) is 10.5. The van der Waals surface area contributed by atoms with E-state index in [4.69, 9.17) is 23.7 Å². The van der Waals surface area contributed by atoms with Crippen molar-refractivity contribution in [1.29, 1.82) is 0 Å². The number of carbonyl (C=O) groups is 1. The fourth-order valence-corrected chi connectivity index (χ4v) is 6.16. The van der Waals surface area contributed by atoms with Crippen LogP contribution < -0.4 is 18.9 Å². The Morgan fingerprint density at radius 1 is 0.857 bits per heavy atom. The van der Waals surface area contributed by atoms with Crippen molar-refractivity contribution in [3.05, 3.63) is 131 Å². The van der Waals surface area contributed by atoms with Gasteiger partial charge in [0, 0.05) is 17.7 Å². The summed E-state index contributed by atoms with van der Waals surface area (Å²) in [4.78, 5) is 13.3. The standard InChI is InChI=1S/C34H30O8/c1-38-24-16-14-23(15-17-24)34-29(22-12-8-5-9-13-22)28(32(36)40-3)31(35)33(34,37)30-26(39-2)18-25(19-27(30)42-34)41-20-21-10-6-4-7-11-21/h4-19,29,35,37H,20H2,1-3H3/t29-,33+,34+/m1/s1. The third-order valence-corrected chi connectivity index (χ3v) is 8.03. The maximum Gasteiger partial charge on any atom is 0.338 e. The van der Waals surface area contributed by atoms with Gasteiger partial charge in [-0.15, -0.1) is 0 Å². The average molecular weight is 567 g/mol. The van der Waals surface area contributed by atoms with E-state index in [1.54, 1.807) is 43.5 Å². The lowest BCUT2D eigenvalue weighted by atomic mass is 9.69. The van der Waals surface area contributed by atoms with Crippen molar-refractivity contribution in [3.63, 3.8) is 0 Å². The van der Waals surface area contributed by atoms with Gasteiger partial charge in [-0.2, -0.15) is 0 Å². The predicted molar refractivity (Wildman–Crippen MR) is 154 cm³/mol. The molecule has 8 heteroatoms. The fourth-order valence-electron chi connectivity index (χ4n) is 6.16. The van der Waals surface area contributed by atoms with E-state index >= 15 is 0 Å². The van der Waals surface area contributed by atoms with Crippen molar-refractivity contribution in [2.75, 3.05) is 21.3 Å². The number of esters is 1. The molecule has 1 aliphatic carbocycles. The SMILES string of the molecule is COC(=O)C1=C(O)[C@@]2(O)c3c(OC)cc(OCc4ccccc4)cc3O[C@@]2(c2ccc(OC)cc2)[C@@H]1c1ccccc1. The molecule has 2 aliphatic rings. The molecule has 2 N–H and O–H groups in total. The molecule has 0 spiro atoms. The molecule has 3 atom stereocenters. The molecule has 0 aromatic heterocycles. The van der Waals surface area contributed by atoms with Gasteiger partial charge in [-0.25, -0.2) is 4.79 Å². The molecule has 0 radical (unpaired) electrons. The molecule has 214 valence electrons. The molecule has 0 amide bonds. The highest BCUT2D eigenvalue weighted by molar-refractivity contribution is 5.94. The molecule has 4 aromatic rings. The van der Waals surface area contributed by atoms with Crippen LogP contribution in [-0.4, -0.2) is 37.5 Å². The molecule has 8 nitrogen and oxygen atoms in total. The summed E-state index contributed by atoms with van der Waals surface area (Å²) in [5, 5.41) is 24.8. The number of benzene rings is 4. The van der Waals surface area contributed by atoms with Crippen LogP contribution in [-0.2, 0) is 27.3 Å². The zero-order valence-corrected chi connectivity index (χ0v) is 23.4. The van der Waals surface area contributed by atoms with Crippen LogP contribution in [0.1, 0.15) is 28.2 Å². The van der Waals surface area contributed by atoms with Gasteiger partial charge in [-0.3, -0.25) is 0 Å². The molecule has 0 fully saturated rings. The van der Waals surface area contributed by atoms with Gasteiger partial charge < -0.3 is 33.9 Å². The van der Waals surface area contributed by atoms with Crippen molar-refractivity contribution in [1.82, 2.24) is 0 Å². The van der Waals surface area contributed by atoms with Crippen LogP contribution in [0.3, 0.4) is 0 Å². The van der Waals surface area contributed by atoms with Gasteiger partial charge in [0.15, 0.2) is 11.2 Å². The molecule has 0 saturated heterocycles. The summed E-state index contributed by atoms with van der Waals surface area (Å²) in [5.41, 5.74) is -1.83. The Bertz CT molecular complexity index is 1650. The normalized spacial score (nSPS) is 22.1. The number of methoxy groups -OCH3 is 3. The first kappa shape index (κ1) is 27.2. The number of aliphatic hydroxyl groups excluding tert-OH is 1. The number of hydrogen-bond acceptors (Lipinski definition) is 8. The molecular weight excluding hydrogens is 536 g/mol. The smallest absolute Gasteiger partial charge is 0.338 e. The van der Waals surface area contributed by atoms with Gasteiger partial charge in [0.25, 0.3) is 0 Å². The van der Waals surface area contributed by atoms with Crippen LogP contribution in [0.2, 0.25) is 0 Å². The summed E-state index contributed by atoms with van der Waals surface area (Å²) in [6.07, 6.45) is 0. The average Bonchev–Trinajstić information content (AvgIpc) is 3.42. The van der Waals surface area contributed by atoms with E-state index in [1.807, 2.05) is 60.7 Å². The summed E-state index contributed by atoms with van der Waals surface area (Å²) >= 11 is 0. The molecule has 0 unspecified atom stereocenters. The van der Waals surface area contributed by atoms with Crippen LogP contribution in [0.5, 0.6) is 23.0 Å². The van der Waals surface area contributed by atoms with Crippen molar-refractivity contribution in [3.8, 4) is 23.0 Å². The summed E-state index contributed by atoms with van der Waals surface area (Å²) in [5.74, 6) is -0.850. The van der Waals surface area contributed by atoms with Gasteiger partial charge in [-0.05, 0) is 23.3 Å². The molecule has 42 heavy (non-hydrogen) atoms. The van der Waals surface area contributed by atoms with E-state index in [0.717, 1.165) is 5.56 Å². The minimum Gasteiger partial charge on any atom is -0.508 e. The highest BCUT2D eigenvalue weighted by Crippen LogP contribution is 2.70. The number of hydrogen-bond donors (Lipinski definition) is 2. The Balaban J connectivity index is 1.60. The quantitative estimate of drug-likeness (QED) is 0.268. The Morgan fingerprint density at radius 2 is 1.52 bits per heavy atom. The lowest BCUT2D eigenvalue weighted by Gasteiger charge is -2.40. The van der Waals surface area contributed by atoms with E-state index in [1.165, 1.54) is 14.2 Å². The monoisotopic (exact) mass is 566 g/mol. The molecule has 0 bridgehead atoms. The van der Waals surface area contributed by atoms with E-state index in [9.17, 15) is 15.0 Å². The maximum atomic E-state index is 13.3. The topological polar surface area (TPSA) is 104 Å². The molecule has 0 saturated carbocycles. The number of ether oxygens (including phenoxy) is 5. The Hall–Kier alpha value is -4.95. The fraction of sp³-hybridized carbons (Fsp3) is 0.206. The third-order valence-electron chi connectivity index (χ3n) is 8.03. The van der Waals surface area contributed by atoms with Gasteiger partial charge in [-0.1, -0.05) is 72.8 Å². The Kier molecular flexibility index (Phi) is 6.79. The van der Waals surface area contributed by atoms with Crippen LogP contribution in [0, 0.1) is 0 Å². The largest absolute Gasteiger partial charge is 0.508 e. The second-order valence-corrected chi connectivity index (χ2v) is 10.1. The van der Waals surface area contributed by atoms with E-state index in [2.05, 4.69) is 0 Å². The number of aliphatic hydroxyl groups is 2. The van der Waals surface area contributed by atoms with Crippen molar-refractivity contribution < 1.29 is 38.7 Å². The highest BCUT2D eigenvalue weighted by Gasteiger charge is 2.74. The number of carbonyl (C=O) groups excluding carboxylic acids is 1. The van der Waals surface area contributed by atoms with Crippen LogP contribution in [0.25, 0.3) is 0 Å². The van der Waals surface area contributed by atoms with Crippen LogP contribution >= 0.6 is 0 Å². The number of fused-ring (bicyclic) bond motifs is 3. The summed E-state index contributed by atoms with van der Waals surface area (Å²) in [6, 6.07) is 29.1. The van der Waals surface area contributed by atoms with Gasteiger partial charge in [0.1, 0.15) is 35.4 Å². The van der Waals surface area contributed by atoms with Crippen molar-refractivity contribution >= 4 is 5.97 Å². The highest BCUT2D eigenvalue weighted by atomic mass is 16.5. The van der Waals surface area contributed by atoms with Gasteiger partial charge in [0.2, 0.25) is 0 Å². The zero-order valence-electron chi connectivity index (χ0n) is 23.4. The minimum atomic E-state index is -2.25. The van der Waals surface area contributed by atoms with E-state index in [-0.39, 0.29) is 22.6 Å². The molecule has 6 rings (SSSR count). The predicted octanol–water partition coefficient (Wildman–Crippen LogP) is 5.54. The Morgan fingerprint density at radius 3 is 2.14 bits per heavy atom. The van der Waals surface area contributed by atoms with Crippen LogP contribution in [0.4, 0.5) is 0 Å². The van der Waals surface area contributed by atoms with E-state index in [0.29, 0.717) is 29.2 Å².